The summed E-state index contributed by atoms with van der Waals surface area (Å²) in [7, 11) is 0. The van der Waals surface area contributed by atoms with Crippen LogP contribution in [0.1, 0.15) is 46.1 Å². The fourth-order valence-electron chi connectivity index (χ4n) is 1.25. The third kappa shape index (κ3) is 3.70. The molecule has 0 spiro atoms. The molecule has 1 aliphatic rings. The first-order valence-corrected chi connectivity index (χ1v) is 6.46. The first-order valence-electron chi connectivity index (χ1n) is 10.4. The van der Waals surface area contributed by atoms with Crippen molar-refractivity contribution in [3.05, 3.63) is 26.6 Å². The summed E-state index contributed by atoms with van der Waals surface area (Å²) in [6, 6.07) is -0.529. The molecule has 0 bridgehead atoms. The van der Waals surface area contributed by atoms with Crippen molar-refractivity contribution in [3.63, 3.8) is 0 Å². The lowest BCUT2D eigenvalue weighted by Crippen LogP contribution is -2.34. The van der Waals surface area contributed by atoms with Gasteiger partial charge in [0.25, 0.3) is 0 Å². The van der Waals surface area contributed by atoms with Gasteiger partial charge in [-0.2, -0.15) is 0 Å². The van der Waals surface area contributed by atoms with Gasteiger partial charge in [0.15, 0.2) is 0 Å². The second-order valence-corrected chi connectivity index (χ2v) is 5.17. The molecule has 5 heteroatoms. The number of nitrogen functional groups attached to an aromatic ring is 1. The number of nitrogens with two attached hydrogens (primary N) is 1. The van der Waals surface area contributed by atoms with E-state index in [2.05, 4.69) is 31.9 Å². The summed E-state index contributed by atoms with van der Waals surface area (Å²) in [5.41, 5.74) is 5.89. The van der Waals surface area contributed by atoms with Crippen LogP contribution in [0.4, 0.5) is 5.69 Å². The number of aliphatic hydroxyl groups is 1. The molecule has 1 aromatic rings. The molecule has 0 aliphatic heterocycles. The van der Waals surface area contributed by atoms with Crippen LogP contribution in [0.15, 0.2) is 21.1 Å². The number of rotatable bonds is 3. The van der Waals surface area contributed by atoms with Gasteiger partial charge in [-0.3, -0.25) is 0 Å². The van der Waals surface area contributed by atoms with E-state index in [1.165, 1.54) is 6.07 Å². The minimum absolute atomic E-state index is 0.0164. The maximum atomic E-state index is 10.1. The summed E-state index contributed by atoms with van der Waals surface area (Å²) in [4.78, 5) is 0. The monoisotopic (exact) mass is 387 g/mol. The van der Waals surface area contributed by atoms with E-state index in [4.69, 9.17) is 20.8 Å². The van der Waals surface area contributed by atoms with Crippen LogP contribution in [0.3, 0.4) is 0 Å². The molecule has 0 heterocycles. The Kier molecular flexibility index (Phi) is 2.02. The zero-order valence-electron chi connectivity index (χ0n) is 20.0. The van der Waals surface area contributed by atoms with Crippen molar-refractivity contribution < 1.29 is 20.2 Å². The molecule has 0 saturated heterocycles. The van der Waals surface area contributed by atoms with Crippen molar-refractivity contribution in [3.8, 4) is 0 Å². The van der Waals surface area contributed by atoms with Gasteiger partial charge in [-0.1, -0.05) is 15.9 Å². The maximum Gasteiger partial charge on any atom is 0.0600 e. The highest BCUT2D eigenvalue weighted by Crippen LogP contribution is 2.28. The van der Waals surface area contributed by atoms with Gasteiger partial charge in [0, 0.05) is 35.2 Å². The lowest BCUT2D eigenvalue weighted by atomic mass is 9.93. The number of hydrogen-bond acceptors (Lipinski definition) is 3. The molecule has 1 aliphatic carbocycles. The fraction of sp³-hybridized carbons (Fsp3) is 0.538. The number of anilines is 1. The molecule has 4 N–H and O–H groups in total. The van der Waals surface area contributed by atoms with E-state index >= 15 is 0 Å². The summed E-state index contributed by atoms with van der Waals surface area (Å²) in [5, 5.41) is 12.2. The minimum atomic E-state index is -3.87. The second-order valence-electron chi connectivity index (χ2n) is 3.40. The highest BCUT2D eigenvalue weighted by atomic mass is 79.9. The summed E-state index contributed by atoms with van der Waals surface area (Å²) >= 11 is 6.34. The van der Waals surface area contributed by atoms with E-state index in [1.807, 2.05) is 5.32 Å². The van der Waals surface area contributed by atoms with Gasteiger partial charge in [-0.15, -0.1) is 0 Å². The molecule has 2 rings (SSSR count). The van der Waals surface area contributed by atoms with E-state index in [0.717, 1.165) is 0 Å². The smallest absolute Gasteiger partial charge is 0.0600 e. The first-order chi connectivity index (χ1) is 12.7. The Morgan fingerprint density at radius 3 is 2.78 bits per heavy atom. The highest BCUT2D eigenvalue weighted by Gasteiger charge is 2.19. The van der Waals surface area contributed by atoms with Gasteiger partial charge in [0.2, 0.25) is 0 Å². The van der Waals surface area contributed by atoms with Crippen molar-refractivity contribution in [1.82, 2.24) is 5.32 Å². The molecule has 0 radical (unpaired) electrons. The predicted octanol–water partition coefficient (Wildman–Crippen LogP) is 3.19. The number of benzene rings is 1. The molecular weight excluding hydrogens is 360 g/mol. The average Bonchev–Trinajstić information content (AvgIpc) is 2.55. The molecule has 1 saturated carbocycles. The van der Waals surface area contributed by atoms with Crippen molar-refractivity contribution in [2.24, 2.45) is 0 Å². The molecule has 0 aromatic heterocycles. The van der Waals surface area contributed by atoms with Gasteiger partial charge >= 0.3 is 0 Å². The van der Waals surface area contributed by atoms with E-state index in [-0.39, 0.29) is 11.3 Å². The Bertz CT molecular complexity index is 803. The zero-order valence-corrected chi connectivity index (χ0v) is 12.2. The van der Waals surface area contributed by atoms with Crippen LogP contribution >= 0.6 is 31.9 Å². The van der Waals surface area contributed by atoms with Crippen molar-refractivity contribution in [1.29, 1.82) is 0 Å². The van der Waals surface area contributed by atoms with Gasteiger partial charge < -0.3 is 16.2 Å². The molecule has 1 aromatic carbocycles. The van der Waals surface area contributed by atoms with E-state index in [9.17, 15) is 5.11 Å². The largest absolute Gasteiger partial charge is 0.398 e. The topological polar surface area (TPSA) is 58.3 Å². The number of hydrogen-bond donors (Lipinski definition) is 3. The molecule has 1 unspecified atom stereocenters. The van der Waals surface area contributed by atoms with E-state index in [0.29, 0.717) is 8.95 Å². The van der Waals surface area contributed by atoms with Crippen LogP contribution in [0.5, 0.6) is 0 Å². The normalized spacial score (nSPS) is 54.3. The lowest BCUT2D eigenvalue weighted by molar-refractivity contribution is 0.116. The van der Waals surface area contributed by atoms with Gasteiger partial charge in [0.05, 0.1) is 13.1 Å². The van der Waals surface area contributed by atoms with Gasteiger partial charge in [-0.05, 0) is 59.1 Å². The van der Waals surface area contributed by atoms with Crippen LogP contribution in [0.2, 0.25) is 0 Å². The lowest BCUT2D eigenvalue weighted by Gasteiger charge is -2.26. The van der Waals surface area contributed by atoms with Crippen LogP contribution in [-0.4, -0.2) is 17.2 Å². The standard InChI is InChI=1S/C13H18Br2N2O/c14-9-5-8(13(16)12(15)6-9)7-17-10-1-3-11(18)4-2-10/h5-6,10-11,17-18H,1-4,7,16H2/i1D2,2D2,3D2,4D2,7D,10D,11D. The molecule has 1 atom stereocenters. The third-order valence-corrected chi connectivity index (χ3v) is 3.22. The first kappa shape index (κ1) is 5.72. The van der Waals surface area contributed by atoms with Crippen molar-refractivity contribution in [2.75, 3.05) is 5.73 Å². The average molecular weight is 389 g/mol. The molecule has 100 valence electrons. The molecular formula is C13H18Br2N2O. The third-order valence-electron chi connectivity index (χ3n) is 2.11. The summed E-state index contributed by atoms with van der Waals surface area (Å²) in [6.07, 6.45) is -18.6. The maximum absolute atomic E-state index is 10.1. The fourth-order valence-corrected chi connectivity index (χ4v) is 2.51. The summed E-state index contributed by atoms with van der Waals surface area (Å²) < 4.78 is 89.0. The molecule has 3 nitrogen and oxygen atoms in total. The van der Waals surface area contributed by atoms with Gasteiger partial charge in [0.1, 0.15) is 0 Å². The van der Waals surface area contributed by atoms with Crippen LogP contribution in [0, 0.1) is 0 Å². The molecule has 0 amide bonds. The Morgan fingerprint density at radius 1 is 1.44 bits per heavy atom. The quantitative estimate of drug-likeness (QED) is 0.697. The summed E-state index contributed by atoms with van der Waals surface area (Å²) in [5.74, 6) is 0. The summed E-state index contributed by atoms with van der Waals surface area (Å²) in [6.45, 7) is -1.78. The van der Waals surface area contributed by atoms with E-state index in [1.54, 1.807) is 6.07 Å². The highest BCUT2D eigenvalue weighted by molar-refractivity contribution is 9.11. The predicted molar refractivity (Wildman–Crippen MR) is 81.4 cm³/mol. The Balaban J connectivity index is 2.69. The molecule has 1 fully saturated rings. The van der Waals surface area contributed by atoms with E-state index < -0.39 is 44.1 Å². The number of nitrogens with one attached hydrogen (secondary N) is 1. The van der Waals surface area contributed by atoms with Crippen LogP contribution in [-0.2, 0) is 6.52 Å². The second kappa shape index (κ2) is 6.37. The van der Waals surface area contributed by atoms with Crippen molar-refractivity contribution >= 4 is 37.5 Å². The van der Waals surface area contributed by atoms with Crippen molar-refractivity contribution in [2.45, 2.75) is 44.1 Å². The Hall–Kier alpha value is -0.100. The Labute approximate surface area is 140 Å². The minimum Gasteiger partial charge on any atom is -0.398 e. The van der Waals surface area contributed by atoms with Crippen LogP contribution in [0.25, 0.3) is 0 Å². The zero-order chi connectivity index (χ0) is 23.0. The number of halogens is 2. The SMILES string of the molecule is [2H]C(NC1([2H])C([2H])([2H])C([2H])([2H])C([2H])(O)C([2H])([2H])C1([2H])[2H])c1cc(Br)cc(Br)c1N. The van der Waals surface area contributed by atoms with Gasteiger partial charge in [-0.25, -0.2) is 0 Å². The van der Waals surface area contributed by atoms with Crippen LogP contribution < -0.4 is 11.1 Å². The Morgan fingerprint density at radius 2 is 2.11 bits per heavy atom. The molecule has 18 heavy (non-hydrogen) atoms.